The Balaban J connectivity index is 2.32. The van der Waals surface area contributed by atoms with Crippen molar-refractivity contribution in [1.82, 2.24) is 4.98 Å². The van der Waals surface area contributed by atoms with Gasteiger partial charge in [-0.2, -0.15) is 4.39 Å². The van der Waals surface area contributed by atoms with E-state index in [1.165, 1.54) is 30.3 Å². The van der Waals surface area contributed by atoms with Gasteiger partial charge in [-0.25, -0.2) is 9.37 Å². The van der Waals surface area contributed by atoms with Crippen molar-refractivity contribution < 1.29 is 13.6 Å². The van der Waals surface area contributed by atoms with Gasteiger partial charge in [-0.3, -0.25) is 4.79 Å². The average molecular weight is 219 g/mol. The molecule has 0 saturated heterocycles. The van der Waals surface area contributed by atoms with E-state index in [9.17, 15) is 13.6 Å². The largest absolute Gasteiger partial charge is 0.289 e. The zero-order chi connectivity index (χ0) is 11.5. The minimum Gasteiger partial charge on any atom is -0.289 e. The first-order valence-electron chi connectivity index (χ1n) is 4.58. The molecule has 0 spiro atoms. The molecule has 0 unspecified atom stereocenters. The van der Waals surface area contributed by atoms with Gasteiger partial charge in [0.05, 0.1) is 0 Å². The van der Waals surface area contributed by atoms with Crippen molar-refractivity contribution in [1.29, 1.82) is 0 Å². The van der Waals surface area contributed by atoms with E-state index < -0.39 is 11.8 Å². The lowest BCUT2D eigenvalue weighted by atomic mass is 10.1. The van der Waals surface area contributed by atoms with Crippen LogP contribution in [0.3, 0.4) is 0 Å². The van der Waals surface area contributed by atoms with Crippen LogP contribution < -0.4 is 0 Å². The standard InChI is InChI=1S/C12H7F2NO/c13-10-4-1-8(2-5-10)12(16)9-3-6-11(14)15-7-9/h1-7H. The highest BCUT2D eigenvalue weighted by molar-refractivity contribution is 6.08. The van der Waals surface area contributed by atoms with Crippen LogP contribution in [-0.2, 0) is 0 Å². The van der Waals surface area contributed by atoms with Crippen LogP contribution in [0.4, 0.5) is 8.78 Å². The van der Waals surface area contributed by atoms with E-state index in [0.29, 0.717) is 5.56 Å². The molecule has 4 heteroatoms. The van der Waals surface area contributed by atoms with Gasteiger partial charge >= 0.3 is 0 Å². The topological polar surface area (TPSA) is 30.0 Å². The summed E-state index contributed by atoms with van der Waals surface area (Å²) in [5, 5.41) is 0. The smallest absolute Gasteiger partial charge is 0.212 e. The Hall–Kier alpha value is -2.10. The molecule has 1 aromatic heterocycles. The molecule has 0 N–H and O–H groups in total. The number of hydrogen-bond acceptors (Lipinski definition) is 2. The molecule has 1 heterocycles. The molecule has 2 rings (SSSR count). The molecule has 0 fully saturated rings. The number of hydrogen-bond donors (Lipinski definition) is 0. The van der Waals surface area contributed by atoms with Crippen LogP contribution in [-0.4, -0.2) is 10.8 Å². The van der Waals surface area contributed by atoms with Crippen molar-refractivity contribution in [3.05, 3.63) is 65.5 Å². The predicted octanol–water partition coefficient (Wildman–Crippen LogP) is 2.59. The molecule has 0 aliphatic carbocycles. The van der Waals surface area contributed by atoms with E-state index >= 15 is 0 Å². The molecule has 0 saturated carbocycles. The van der Waals surface area contributed by atoms with Crippen LogP contribution in [0.1, 0.15) is 15.9 Å². The Morgan fingerprint density at radius 2 is 1.56 bits per heavy atom. The number of rotatable bonds is 2. The number of carbonyl (C=O) groups excluding carboxylic acids is 1. The maximum Gasteiger partial charge on any atom is 0.212 e. The fourth-order valence-electron chi connectivity index (χ4n) is 1.28. The van der Waals surface area contributed by atoms with Crippen LogP contribution in [0, 0.1) is 11.8 Å². The van der Waals surface area contributed by atoms with Gasteiger partial charge in [0, 0.05) is 17.3 Å². The van der Waals surface area contributed by atoms with Gasteiger partial charge in [-0.1, -0.05) is 0 Å². The number of carbonyl (C=O) groups is 1. The quantitative estimate of drug-likeness (QED) is 0.574. The molecule has 80 valence electrons. The number of benzene rings is 1. The summed E-state index contributed by atoms with van der Waals surface area (Å²) in [5.41, 5.74) is 0.614. The molecule has 0 aliphatic heterocycles. The van der Waals surface area contributed by atoms with Gasteiger partial charge in [0.1, 0.15) is 5.82 Å². The fraction of sp³-hybridized carbons (Fsp3) is 0. The van der Waals surface area contributed by atoms with Crippen molar-refractivity contribution >= 4 is 5.78 Å². The lowest BCUT2D eigenvalue weighted by Crippen LogP contribution is -2.02. The second-order valence-corrected chi connectivity index (χ2v) is 3.21. The molecule has 0 radical (unpaired) electrons. The highest BCUT2D eigenvalue weighted by atomic mass is 19.1. The number of pyridine rings is 1. The van der Waals surface area contributed by atoms with Crippen molar-refractivity contribution in [3.8, 4) is 0 Å². The fourth-order valence-corrected chi connectivity index (χ4v) is 1.28. The first kappa shape index (κ1) is 10.4. The minimum absolute atomic E-state index is 0.271. The molecule has 0 bridgehead atoms. The summed E-state index contributed by atoms with van der Waals surface area (Å²) >= 11 is 0. The van der Waals surface area contributed by atoms with Crippen molar-refractivity contribution in [2.75, 3.05) is 0 Å². The summed E-state index contributed by atoms with van der Waals surface area (Å²) in [6, 6.07) is 7.60. The third kappa shape index (κ3) is 2.11. The summed E-state index contributed by atoms with van der Waals surface area (Å²) in [7, 11) is 0. The van der Waals surface area contributed by atoms with Gasteiger partial charge < -0.3 is 0 Å². The third-order valence-electron chi connectivity index (χ3n) is 2.10. The van der Waals surface area contributed by atoms with Crippen molar-refractivity contribution in [2.45, 2.75) is 0 Å². The van der Waals surface area contributed by atoms with E-state index in [0.717, 1.165) is 12.3 Å². The van der Waals surface area contributed by atoms with E-state index in [1.54, 1.807) is 0 Å². The molecule has 2 nitrogen and oxygen atoms in total. The summed E-state index contributed by atoms with van der Waals surface area (Å²) in [6.45, 7) is 0. The Morgan fingerprint density at radius 1 is 0.938 bits per heavy atom. The second kappa shape index (κ2) is 4.18. The van der Waals surface area contributed by atoms with Gasteiger partial charge in [-0.15, -0.1) is 0 Å². The van der Waals surface area contributed by atoms with Crippen LogP contribution in [0.25, 0.3) is 0 Å². The van der Waals surface area contributed by atoms with Crippen molar-refractivity contribution in [3.63, 3.8) is 0 Å². The molecule has 0 atom stereocenters. The van der Waals surface area contributed by atoms with Gasteiger partial charge in [0.25, 0.3) is 0 Å². The molecular formula is C12H7F2NO. The maximum absolute atomic E-state index is 12.6. The Bertz CT molecular complexity index is 458. The van der Waals surface area contributed by atoms with Crippen LogP contribution in [0.5, 0.6) is 0 Å². The third-order valence-corrected chi connectivity index (χ3v) is 2.10. The minimum atomic E-state index is -0.643. The Kier molecular flexibility index (Phi) is 2.72. The van der Waals surface area contributed by atoms with E-state index in [1.807, 2.05) is 0 Å². The number of ketones is 1. The van der Waals surface area contributed by atoms with Crippen LogP contribution in [0.15, 0.2) is 42.6 Å². The summed E-state index contributed by atoms with van der Waals surface area (Å²) in [5.74, 6) is -1.36. The molecule has 1 aromatic carbocycles. The average Bonchev–Trinajstić information content (AvgIpc) is 2.30. The lowest BCUT2D eigenvalue weighted by molar-refractivity contribution is 0.103. The lowest BCUT2D eigenvalue weighted by Gasteiger charge is -2.00. The zero-order valence-electron chi connectivity index (χ0n) is 8.15. The Morgan fingerprint density at radius 3 is 2.12 bits per heavy atom. The van der Waals surface area contributed by atoms with Crippen molar-refractivity contribution in [2.24, 2.45) is 0 Å². The number of nitrogens with zero attached hydrogens (tertiary/aromatic N) is 1. The number of aromatic nitrogens is 1. The molecular weight excluding hydrogens is 212 g/mol. The molecule has 0 aliphatic rings. The summed E-state index contributed by atoms with van der Waals surface area (Å²) < 4.78 is 25.2. The highest BCUT2D eigenvalue weighted by Crippen LogP contribution is 2.10. The monoisotopic (exact) mass is 219 g/mol. The first-order valence-corrected chi connectivity index (χ1v) is 4.58. The predicted molar refractivity (Wildman–Crippen MR) is 54.0 cm³/mol. The highest BCUT2D eigenvalue weighted by Gasteiger charge is 2.09. The Labute approximate surface area is 90.6 Å². The second-order valence-electron chi connectivity index (χ2n) is 3.21. The summed E-state index contributed by atoms with van der Waals surface area (Å²) in [6.07, 6.45) is 1.15. The SMILES string of the molecule is O=C(c1ccc(F)cc1)c1ccc(F)nc1. The van der Waals surface area contributed by atoms with Gasteiger partial charge in [0.2, 0.25) is 5.95 Å². The summed E-state index contributed by atoms with van der Waals surface area (Å²) in [4.78, 5) is 15.2. The normalized spacial score (nSPS) is 10.1. The van der Waals surface area contributed by atoms with E-state index in [2.05, 4.69) is 4.98 Å². The molecule has 2 aromatic rings. The van der Waals surface area contributed by atoms with Gasteiger partial charge in [0.15, 0.2) is 5.78 Å². The maximum atomic E-state index is 12.6. The number of halogens is 2. The zero-order valence-corrected chi connectivity index (χ0v) is 8.15. The van der Waals surface area contributed by atoms with E-state index in [4.69, 9.17) is 0 Å². The molecule has 16 heavy (non-hydrogen) atoms. The van der Waals surface area contributed by atoms with E-state index in [-0.39, 0.29) is 11.3 Å². The van der Waals surface area contributed by atoms with Crippen LogP contribution >= 0.6 is 0 Å². The van der Waals surface area contributed by atoms with Gasteiger partial charge in [-0.05, 0) is 36.4 Å². The first-order chi connectivity index (χ1) is 7.66. The molecule has 0 amide bonds. The van der Waals surface area contributed by atoms with Crippen LogP contribution in [0.2, 0.25) is 0 Å².